The summed E-state index contributed by atoms with van der Waals surface area (Å²) in [5, 5.41) is 3.45. The van der Waals surface area contributed by atoms with Gasteiger partial charge in [-0.25, -0.2) is 0 Å². The van der Waals surface area contributed by atoms with E-state index < -0.39 is 0 Å². The zero-order chi connectivity index (χ0) is 14.2. The van der Waals surface area contributed by atoms with E-state index in [0.717, 1.165) is 25.2 Å². The normalized spacial score (nSPS) is 18.2. The first kappa shape index (κ1) is 14.8. The van der Waals surface area contributed by atoms with Crippen molar-refractivity contribution >= 4 is 11.6 Å². The molecule has 0 aromatic heterocycles. The minimum Gasteiger partial charge on any atom is -0.382 e. The summed E-state index contributed by atoms with van der Waals surface area (Å²) in [6.07, 6.45) is 0.971. The summed E-state index contributed by atoms with van der Waals surface area (Å²) < 4.78 is 10.1. The van der Waals surface area contributed by atoms with E-state index in [0.29, 0.717) is 19.3 Å². The van der Waals surface area contributed by atoms with E-state index in [1.807, 2.05) is 35.2 Å². The van der Waals surface area contributed by atoms with Gasteiger partial charge in [-0.05, 0) is 18.6 Å². The fourth-order valence-corrected chi connectivity index (χ4v) is 2.27. The summed E-state index contributed by atoms with van der Waals surface area (Å²) in [5.74, 6) is 0.0541. The van der Waals surface area contributed by atoms with E-state index >= 15 is 0 Å². The van der Waals surface area contributed by atoms with Crippen LogP contribution in [-0.2, 0) is 14.3 Å². The fourth-order valence-electron chi connectivity index (χ4n) is 2.27. The van der Waals surface area contributed by atoms with Crippen molar-refractivity contribution in [2.45, 2.75) is 12.5 Å². The van der Waals surface area contributed by atoms with Gasteiger partial charge in [-0.1, -0.05) is 18.2 Å². The van der Waals surface area contributed by atoms with Gasteiger partial charge in [0.05, 0.1) is 13.2 Å². The molecular weight excluding hydrogens is 256 g/mol. The van der Waals surface area contributed by atoms with E-state index in [-0.39, 0.29) is 12.5 Å². The number of rotatable bonds is 7. The van der Waals surface area contributed by atoms with Gasteiger partial charge >= 0.3 is 0 Å². The first-order chi connectivity index (χ1) is 9.79. The highest BCUT2D eigenvalue weighted by Gasteiger charge is 2.25. The van der Waals surface area contributed by atoms with Crippen LogP contribution in [0.25, 0.3) is 0 Å². The molecule has 1 aliphatic heterocycles. The predicted octanol–water partition coefficient (Wildman–Crippen LogP) is 1.36. The summed E-state index contributed by atoms with van der Waals surface area (Å²) in [6, 6.07) is 10.4. The molecule has 5 nitrogen and oxygen atoms in total. The molecule has 1 amide bonds. The van der Waals surface area contributed by atoms with E-state index in [2.05, 4.69) is 5.32 Å². The number of ether oxygens (including phenoxy) is 2. The smallest absolute Gasteiger partial charge is 0.248 e. The number of carbonyl (C=O) groups excluding carboxylic acids is 1. The maximum absolute atomic E-state index is 11.9. The van der Waals surface area contributed by atoms with Crippen LogP contribution in [0.3, 0.4) is 0 Å². The lowest BCUT2D eigenvalue weighted by atomic mass is 10.2. The van der Waals surface area contributed by atoms with Crippen molar-refractivity contribution < 1.29 is 14.3 Å². The summed E-state index contributed by atoms with van der Waals surface area (Å²) in [6.45, 7) is 2.65. The second kappa shape index (κ2) is 7.87. The summed E-state index contributed by atoms with van der Waals surface area (Å²) >= 11 is 0. The molecule has 1 aromatic rings. The van der Waals surface area contributed by atoms with Gasteiger partial charge in [0.1, 0.15) is 6.61 Å². The monoisotopic (exact) mass is 278 g/mol. The average Bonchev–Trinajstić information content (AvgIpc) is 2.93. The molecule has 0 spiro atoms. The van der Waals surface area contributed by atoms with Crippen LogP contribution in [0.15, 0.2) is 30.3 Å². The van der Waals surface area contributed by atoms with Gasteiger partial charge in [-0.2, -0.15) is 0 Å². The Morgan fingerprint density at radius 3 is 2.90 bits per heavy atom. The Balaban J connectivity index is 1.70. The molecule has 110 valence electrons. The number of anilines is 1. The molecule has 1 heterocycles. The standard InChI is InChI=1S/C15H22N2O3/c1-19-9-10-20-12-15(18)17-8-7-14(11-17)16-13-5-3-2-4-6-13/h2-6,14,16H,7-12H2,1H3/t14-/m1/s1. The highest BCUT2D eigenvalue weighted by atomic mass is 16.5. The van der Waals surface area contributed by atoms with E-state index in [4.69, 9.17) is 9.47 Å². The number of benzene rings is 1. The number of likely N-dealkylation sites (tertiary alicyclic amines) is 1. The number of nitrogens with one attached hydrogen (secondary N) is 1. The number of methoxy groups -OCH3 is 1. The van der Waals surface area contributed by atoms with Crippen LogP contribution in [0.1, 0.15) is 6.42 Å². The van der Waals surface area contributed by atoms with E-state index in [1.54, 1.807) is 7.11 Å². The molecule has 1 aliphatic rings. The molecule has 2 rings (SSSR count). The molecule has 1 aromatic carbocycles. The third-order valence-corrected chi connectivity index (χ3v) is 3.34. The fraction of sp³-hybridized carbons (Fsp3) is 0.533. The largest absolute Gasteiger partial charge is 0.382 e. The lowest BCUT2D eigenvalue weighted by Gasteiger charge is -2.17. The molecular formula is C15H22N2O3. The quantitative estimate of drug-likeness (QED) is 0.765. The molecule has 0 unspecified atom stereocenters. The first-order valence-corrected chi connectivity index (χ1v) is 6.95. The Hall–Kier alpha value is -1.59. The summed E-state index contributed by atoms with van der Waals surface area (Å²) in [5.41, 5.74) is 1.10. The van der Waals surface area contributed by atoms with Crippen molar-refractivity contribution in [3.05, 3.63) is 30.3 Å². The van der Waals surface area contributed by atoms with Gasteiger partial charge in [0.2, 0.25) is 5.91 Å². The Labute approximate surface area is 119 Å². The van der Waals surface area contributed by atoms with Gasteiger partial charge in [0.15, 0.2) is 0 Å². The maximum atomic E-state index is 11.9. The van der Waals surface area contributed by atoms with Crippen molar-refractivity contribution in [2.24, 2.45) is 0 Å². The molecule has 0 radical (unpaired) electrons. The van der Waals surface area contributed by atoms with Gasteiger partial charge in [0, 0.05) is 31.9 Å². The highest BCUT2D eigenvalue weighted by molar-refractivity contribution is 5.77. The minimum absolute atomic E-state index is 0.0541. The van der Waals surface area contributed by atoms with E-state index in [1.165, 1.54) is 0 Å². The molecule has 1 N–H and O–H groups in total. The van der Waals surface area contributed by atoms with Crippen molar-refractivity contribution in [1.82, 2.24) is 4.90 Å². The topological polar surface area (TPSA) is 50.8 Å². The number of nitrogens with zero attached hydrogens (tertiary/aromatic N) is 1. The third kappa shape index (κ3) is 4.51. The van der Waals surface area contributed by atoms with Crippen LogP contribution in [0.2, 0.25) is 0 Å². The molecule has 1 atom stereocenters. The Kier molecular flexibility index (Phi) is 5.83. The molecule has 0 aliphatic carbocycles. The second-order valence-electron chi connectivity index (χ2n) is 4.88. The van der Waals surface area contributed by atoms with Crippen LogP contribution < -0.4 is 5.32 Å². The summed E-state index contributed by atoms with van der Waals surface area (Å²) in [7, 11) is 1.62. The lowest BCUT2D eigenvalue weighted by Crippen LogP contribution is -2.34. The molecule has 0 saturated carbocycles. The summed E-state index contributed by atoms with van der Waals surface area (Å²) in [4.78, 5) is 13.8. The first-order valence-electron chi connectivity index (χ1n) is 6.95. The van der Waals surface area contributed by atoms with Gasteiger partial charge in [-0.3, -0.25) is 4.79 Å². The number of carbonyl (C=O) groups is 1. The van der Waals surface area contributed by atoms with Crippen molar-refractivity contribution in [3.8, 4) is 0 Å². The van der Waals surface area contributed by atoms with Crippen LogP contribution >= 0.6 is 0 Å². The third-order valence-electron chi connectivity index (χ3n) is 3.34. The van der Waals surface area contributed by atoms with Crippen molar-refractivity contribution in [3.63, 3.8) is 0 Å². The Bertz CT molecular complexity index is 411. The zero-order valence-corrected chi connectivity index (χ0v) is 11.9. The minimum atomic E-state index is 0.0541. The number of hydrogen-bond donors (Lipinski definition) is 1. The maximum Gasteiger partial charge on any atom is 0.248 e. The molecule has 1 fully saturated rings. The Morgan fingerprint density at radius 1 is 1.35 bits per heavy atom. The predicted molar refractivity (Wildman–Crippen MR) is 77.7 cm³/mol. The molecule has 5 heteroatoms. The van der Waals surface area contributed by atoms with Crippen molar-refractivity contribution in [1.29, 1.82) is 0 Å². The van der Waals surface area contributed by atoms with Gasteiger partial charge in [-0.15, -0.1) is 0 Å². The number of hydrogen-bond acceptors (Lipinski definition) is 4. The van der Waals surface area contributed by atoms with Crippen LogP contribution in [0.5, 0.6) is 0 Å². The molecule has 20 heavy (non-hydrogen) atoms. The molecule has 0 bridgehead atoms. The van der Waals surface area contributed by atoms with Crippen LogP contribution in [0, 0.1) is 0 Å². The highest BCUT2D eigenvalue weighted by Crippen LogP contribution is 2.15. The zero-order valence-electron chi connectivity index (χ0n) is 11.9. The SMILES string of the molecule is COCCOCC(=O)N1CC[C@@H](Nc2ccccc2)C1. The number of amides is 1. The average molecular weight is 278 g/mol. The lowest BCUT2D eigenvalue weighted by molar-refractivity contribution is -0.135. The second-order valence-corrected chi connectivity index (χ2v) is 4.88. The number of para-hydroxylation sites is 1. The Morgan fingerprint density at radius 2 is 2.15 bits per heavy atom. The van der Waals surface area contributed by atoms with Gasteiger partial charge in [0.25, 0.3) is 0 Å². The van der Waals surface area contributed by atoms with Crippen LogP contribution in [-0.4, -0.2) is 56.9 Å². The van der Waals surface area contributed by atoms with E-state index in [9.17, 15) is 4.79 Å². The van der Waals surface area contributed by atoms with Crippen LogP contribution in [0.4, 0.5) is 5.69 Å². The van der Waals surface area contributed by atoms with Crippen molar-refractivity contribution in [2.75, 3.05) is 45.3 Å². The molecule has 1 saturated heterocycles. The van der Waals surface area contributed by atoms with Gasteiger partial charge < -0.3 is 19.7 Å².